The fraction of sp³-hybridized carbons (Fsp3) is 0.600. The van der Waals surface area contributed by atoms with Crippen molar-refractivity contribution in [1.82, 2.24) is 5.32 Å². The maximum Gasteiger partial charge on any atom is 0.335 e. The Bertz CT molecular complexity index is 589. The molecular weight excluding hydrogens is 318 g/mol. The molecule has 1 aromatic rings. The van der Waals surface area contributed by atoms with Crippen LogP contribution in [-0.4, -0.2) is 36.2 Å². The molecule has 1 saturated heterocycles. The first-order valence-corrected chi connectivity index (χ1v) is 8.98. The van der Waals surface area contributed by atoms with Gasteiger partial charge in [0.25, 0.3) is 0 Å². The Labute approximate surface area is 149 Å². The molecule has 0 spiro atoms. The lowest BCUT2D eigenvalue weighted by molar-refractivity contribution is -0.123. The molecule has 1 fully saturated rings. The van der Waals surface area contributed by atoms with E-state index >= 15 is 0 Å². The summed E-state index contributed by atoms with van der Waals surface area (Å²) in [5, 5.41) is 11.9. The summed E-state index contributed by atoms with van der Waals surface area (Å²) in [6.07, 6.45) is 3.31. The molecule has 25 heavy (non-hydrogen) atoms. The smallest absolute Gasteiger partial charge is 0.335 e. The van der Waals surface area contributed by atoms with Gasteiger partial charge in [-0.25, -0.2) is 4.79 Å². The van der Waals surface area contributed by atoms with Gasteiger partial charge < -0.3 is 15.2 Å². The van der Waals surface area contributed by atoms with Gasteiger partial charge in [-0.1, -0.05) is 32.9 Å². The monoisotopic (exact) mass is 347 g/mol. The largest absolute Gasteiger partial charge is 0.478 e. The van der Waals surface area contributed by atoms with Crippen molar-refractivity contribution in [2.75, 3.05) is 13.2 Å². The number of aryl methyl sites for hydroxylation is 1. The number of carbonyl (C=O) groups excluding carboxylic acids is 1. The van der Waals surface area contributed by atoms with E-state index in [1.807, 2.05) is 0 Å². The molecule has 2 atom stereocenters. The van der Waals surface area contributed by atoms with Crippen LogP contribution >= 0.6 is 0 Å². The third-order valence-corrected chi connectivity index (χ3v) is 4.70. The number of carbonyl (C=O) groups is 2. The minimum atomic E-state index is -0.938. The second-order valence-corrected chi connectivity index (χ2v) is 7.87. The van der Waals surface area contributed by atoms with E-state index in [0.29, 0.717) is 25.3 Å². The fourth-order valence-corrected chi connectivity index (χ4v) is 3.41. The zero-order chi connectivity index (χ0) is 18.4. The molecule has 2 rings (SSSR count). The van der Waals surface area contributed by atoms with Gasteiger partial charge in [-0.2, -0.15) is 0 Å². The van der Waals surface area contributed by atoms with E-state index in [1.165, 1.54) is 0 Å². The molecule has 0 aliphatic carbocycles. The summed E-state index contributed by atoms with van der Waals surface area (Å²) in [5.41, 5.74) is 1.30. The minimum absolute atomic E-state index is 0.0283. The summed E-state index contributed by atoms with van der Waals surface area (Å²) in [5.74, 6) is -0.555. The molecule has 1 amide bonds. The third-order valence-electron chi connectivity index (χ3n) is 4.70. The molecular formula is C20H29NO4. The first kappa shape index (κ1) is 19.4. The molecule has 5 heteroatoms. The predicted molar refractivity (Wildman–Crippen MR) is 96.7 cm³/mol. The normalized spacial score (nSPS) is 20.9. The molecule has 138 valence electrons. The Kier molecular flexibility index (Phi) is 6.59. The number of carboxylic acid groups (broad SMARTS) is 1. The zero-order valence-corrected chi connectivity index (χ0v) is 15.4. The molecule has 2 unspecified atom stereocenters. The first-order chi connectivity index (χ1) is 11.8. The van der Waals surface area contributed by atoms with Gasteiger partial charge in [-0.3, -0.25) is 4.79 Å². The van der Waals surface area contributed by atoms with Crippen molar-refractivity contribution in [2.24, 2.45) is 11.3 Å². The van der Waals surface area contributed by atoms with E-state index in [1.54, 1.807) is 24.3 Å². The number of nitrogens with one attached hydrogen (secondary N) is 1. The fourth-order valence-electron chi connectivity index (χ4n) is 3.41. The van der Waals surface area contributed by atoms with Crippen LogP contribution in [0.1, 0.15) is 56.0 Å². The maximum absolute atomic E-state index is 12.1. The lowest BCUT2D eigenvalue weighted by Crippen LogP contribution is -2.45. The number of hydrogen-bond donors (Lipinski definition) is 2. The van der Waals surface area contributed by atoms with Gasteiger partial charge >= 0.3 is 5.97 Å². The molecule has 1 aromatic carbocycles. The SMILES string of the molecule is CC(C)(C)C1OCCCC1CNC(=O)CCc1ccc(C(=O)O)cc1. The Hall–Kier alpha value is -1.88. The Morgan fingerprint density at radius 2 is 1.92 bits per heavy atom. The molecule has 0 saturated carbocycles. The Balaban J connectivity index is 1.79. The van der Waals surface area contributed by atoms with Gasteiger partial charge in [-0.05, 0) is 42.4 Å². The number of rotatable bonds is 6. The van der Waals surface area contributed by atoms with Crippen molar-refractivity contribution in [3.63, 3.8) is 0 Å². The highest BCUT2D eigenvalue weighted by Gasteiger charge is 2.35. The molecule has 0 aromatic heterocycles. The van der Waals surface area contributed by atoms with Crippen LogP contribution in [-0.2, 0) is 16.0 Å². The molecule has 1 heterocycles. The molecule has 0 bridgehead atoms. The van der Waals surface area contributed by atoms with Gasteiger partial charge in [0.2, 0.25) is 5.91 Å². The molecule has 1 aliphatic heterocycles. The highest BCUT2D eigenvalue weighted by Crippen LogP contribution is 2.33. The highest BCUT2D eigenvalue weighted by molar-refractivity contribution is 5.87. The summed E-state index contributed by atoms with van der Waals surface area (Å²) >= 11 is 0. The standard InChI is InChI=1S/C20H29NO4/c1-20(2,3)18-16(5-4-12-25-18)13-21-17(22)11-8-14-6-9-15(10-7-14)19(23)24/h6-7,9-10,16,18H,4-5,8,11-13H2,1-3H3,(H,21,22)(H,23,24). The second kappa shape index (κ2) is 8.48. The van der Waals surface area contributed by atoms with Crippen LogP contribution in [0.3, 0.4) is 0 Å². The maximum atomic E-state index is 12.1. The number of ether oxygens (including phenoxy) is 1. The third kappa shape index (κ3) is 5.85. The van der Waals surface area contributed by atoms with E-state index in [-0.39, 0.29) is 23.0 Å². The van der Waals surface area contributed by atoms with Crippen molar-refractivity contribution >= 4 is 11.9 Å². The van der Waals surface area contributed by atoms with E-state index in [0.717, 1.165) is 25.0 Å². The minimum Gasteiger partial charge on any atom is -0.478 e. The number of hydrogen-bond acceptors (Lipinski definition) is 3. The average Bonchev–Trinajstić information content (AvgIpc) is 2.58. The van der Waals surface area contributed by atoms with Crippen LogP contribution < -0.4 is 5.32 Å². The number of amides is 1. The number of carboxylic acids is 1. The van der Waals surface area contributed by atoms with E-state index in [2.05, 4.69) is 26.1 Å². The number of aromatic carboxylic acids is 1. The summed E-state index contributed by atoms with van der Waals surface area (Å²) in [4.78, 5) is 23.0. The lowest BCUT2D eigenvalue weighted by atomic mass is 9.78. The van der Waals surface area contributed by atoms with Crippen LogP contribution in [0.4, 0.5) is 0 Å². The summed E-state index contributed by atoms with van der Waals surface area (Å²) in [7, 11) is 0. The van der Waals surface area contributed by atoms with Gasteiger partial charge in [0, 0.05) is 25.5 Å². The van der Waals surface area contributed by atoms with Crippen molar-refractivity contribution in [3.8, 4) is 0 Å². The zero-order valence-electron chi connectivity index (χ0n) is 15.4. The Morgan fingerprint density at radius 1 is 1.24 bits per heavy atom. The molecule has 1 aliphatic rings. The molecule has 5 nitrogen and oxygen atoms in total. The van der Waals surface area contributed by atoms with Crippen LogP contribution in [0, 0.1) is 11.3 Å². The Morgan fingerprint density at radius 3 is 2.52 bits per heavy atom. The van der Waals surface area contributed by atoms with Gasteiger partial charge in [0.05, 0.1) is 11.7 Å². The number of benzene rings is 1. The molecule has 2 N–H and O–H groups in total. The van der Waals surface area contributed by atoms with Crippen molar-refractivity contribution in [2.45, 2.75) is 52.6 Å². The van der Waals surface area contributed by atoms with Crippen LogP contribution in [0.25, 0.3) is 0 Å². The second-order valence-electron chi connectivity index (χ2n) is 7.87. The van der Waals surface area contributed by atoms with Crippen molar-refractivity contribution in [3.05, 3.63) is 35.4 Å². The highest BCUT2D eigenvalue weighted by atomic mass is 16.5. The van der Waals surface area contributed by atoms with Crippen LogP contribution in [0.5, 0.6) is 0 Å². The summed E-state index contributed by atoms with van der Waals surface area (Å²) in [6.45, 7) is 7.99. The van der Waals surface area contributed by atoms with Gasteiger partial charge in [-0.15, -0.1) is 0 Å². The van der Waals surface area contributed by atoms with Gasteiger partial charge in [0.15, 0.2) is 0 Å². The van der Waals surface area contributed by atoms with E-state index in [4.69, 9.17) is 9.84 Å². The summed E-state index contributed by atoms with van der Waals surface area (Å²) < 4.78 is 5.95. The van der Waals surface area contributed by atoms with Crippen molar-refractivity contribution < 1.29 is 19.4 Å². The van der Waals surface area contributed by atoms with E-state index in [9.17, 15) is 9.59 Å². The predicted octanol–water partition coefficient (Wildman–Crippen LogP) is 3.27. The molecule has 0 radical (unpaired) electrons. The average molecular weight is 347 g/mol. The van der Waals surface area contributed by atoms with Crippen LogP contribution in [0.2, 0.25) is 0 Å². The first-order valence-electron chi connectivity index (χ1n) is 8.98. The van der Waals surface area contributed by atoms with Gasteiger partial charge in [0.1, 0.15) is 0 Å². The topological polar surface area (TPSA) is 75.6 Å². The lowest BCUT2D eigenvalue weighted by Gasteiger charge is -2.40. The van der Waals surface area contributed by atoms with E-state index < -0.39 is 5.97 Å². The van der Waals surface area contributed by atoms with Crippen LogP contribution in [0.15, 0.2) is 24.3 Å². The van der Waals surface area contributed by atoms with Crippen molar-refractivity contribution in [1.29, 1.82) is 0 Å². The summed E-state index contributed by atoms with van der Waals surface area (Å²) in [6, 6.07) is 6.68. The quantitative estimate of drug-likeness (QED) is 0.828.